The van der Waals surface area contributed by atoms with E-state index < -0.39 is 0 Å². The summed E-state index contributed by atoms with van der Waals surface area (Å²) in [6.07, 6.45) is 0. The fourth-order valence-electron chi connectivity index (χ4n) is 1.96. The van der Waals surface area contributed by atoms with Gasteiger partial charge in [-0.15, -0.1) is 0 Å². The first kappa shape index (κ1) is 15.4. The zero-order valence-electron chi connectivity index (χ0n) is 12.7. The fraction of sp³-hybridized carbons (Fsp3) is 0.375. The van der Waals surface area contributed by atoms with Crippen molar-refractivity contribution in [2.24, 2.45) is 0 Å². The maximum Gasteiger partial charge on any atom is 0.251 e. The summed E-state index contributed by atoms with van der Waals surface area (Å²) < 4.78 is 13.5. The third kappa shape index (κ3) is 4.49. The number of halogens is 1. The van der Waals surface area contributed by atoms with Crippen molar-refractivity contribution in [2.45, 2.75) is 39.8 Å². The molecule has 0 saturated heterocycles. The Kier molecular flexibility index (Phi) is 4.23. The molecule has 0 aliphatic carbocycles. The summed E-state index contributed by atoms with van der Waals surface area (Å²) in [4.78, 5) is 18.8. The van der Waals surface area contributed by atoms with Crippen LogP contribution >= 0.6 is 0 Å². The van der Waals surface area contributed by atoms with Crippen molar-refractivity contribution >= 4 is 0 Å². The number of aryl methyl sites for hydroxylation is 1. The Labute approximate surface area is 123 Å². The molecule has 0 atom stereocenters. The van der Waals surface area contributed by atoms with Gasteiger partial charge in [-0.2, -0.15) is 0 Å². The van der Waals surface area contributed by atoms with Crippen molar-refractivity contribution < 1.29 is 4.39 Å². The lowest BCUT2D eigenvalue weighted by molar-refractivity contribution is 0.421. The van der Waals surface area contributed by atoms with E-state index in [1.165, 1.54) is 18.2 Å². The molecule has 4 nitrogen and oxygen atoms in total. The molecule has 0 saturated carbocycles. The number of nitrogens with one attached hydrogen (secondary N) is 2. The van der Waals surface area contributed by atoms with Gasteiger partial charge in [0.25, 0.3) is 5.56 Å². The molecule has 2 rings (SSSR count). The summed E-state index contributed by atoms with van der Waals surface area (Å²) in [6, 6.07) is 6.05. The molecule has 1 aromatic heterocycles. The van der Waals surface area contributed by atoms with Crippen LogP contribution in [0.4, 0.5) is 4.39 Å². The normalized spacial score (nSPS) is 11.7. The number of H-pyrrole nitrogens is 1. The van der Waals surface area contributed by atoms with Crippen molar-refractivity contribution in [2.75, 3.05) is 0 Å². The third-order valence-electron chi connectivity index (χ3n) is 2.91. The molecule has 112 valence electrons. The van der Waals surface area contributed by atoms with Gasteiger partial charge in [0.05, 0.1) is 5.69 Å². The minimum atomic E-state index is -0.342. The molecule has 0 amide bonds. The van der Waals surface area contributed by atoms with Crippen LogP contribution in [0, 0.1) is 12.7 Å². The zero-order chi connectivity index (χ0) is 15.6. The van der Waals surface area contributed by atoms with Gasteiger partial charge in [0.1, 0.15) is 11.6 Å². The van der Waals surface area contributed by atoms with Gasteiger partial charge in [0.2, 0.25) is 0 Å². The molecular weight excluding hydrogens is 269 g/mol. The van der Waals surface area contributed by atoms with Gasteiger partial charge in [-0.1, -0.05) is 0 Å². The molecule has 0 bridgehead atoms. The highest BCUT2D eigenvalue weighted by Gasteiger charge is 2.11. The molecule has 2 N–H and O–H groups in total. The Morgan fingerprint density at radius 2 is 1.95 bits per heavy atom. The maximum atomic E-state index is 13.5. The van der Waals surface area contributed by atoms with E-state index >= 15 is 0 Å². The van der Waals surface area contributed by atoms with E-state index in [-0.39, 0.29) is 16.9 Å². The number of benzene rings is 1. The first-order chi connectivity index (χ1) is 9.73. The molecule has 0 spiro atoms. The van der Waals surface area contributed by atoms with E-state index in [1.54, 1.807) is 13.0 Å². The maximum absolute atomic E-state index is 13.5. The molecular formula is C16H20FN3O. The van der Waals surface area contributed by atoms with Crippen molar-refractivity contribution in [1.82, 2.24) is 15.3 Å². The van der Waals surface area contributed by atoms with E-state index in [1.807, 2.05) is 20.8 Å². The molecule has 0 aliphatic rings. The third-order valence-corrected chi connectivity index (χ3v) is 2.91. The molecule has 0 radical (unpaired) electrons. The Morgan fingerprint density at radius 3 is 2.57 bits per heavy atom. The molecule has 1 aromatic carbocycles. The lowest BCUT2D eigenvalue weighted by Crippen LogP contribution is -2.35. The first-order valence-corrected chi connectivity index (χ1v) is 6.86. The molecule has 1 heterocycles. The molecule has 0 aliphatic heterocycles. The molecule has 5 heteroatoms. The summed E-state index contributed by atoms with van der Waals surface area (Å²) in [5.74, 6) is 0.0432. The minimum Gasteiger partial charge on any atom is -0.307 e. The summed E-state index contributed by atoms with van der Waals surface area (Å²) in [7, 11) is 0. The second kappa shape index (κ2) is 5.77. The van der Waals surface area contributed by atoms with Crippen molar-refractivity contribution in [3.8, 4) is 11.4 Å². The summed E-state index contributed by atoms with van der Waals surface area (Å²) in [5, 5.41) is 3.28. The van der Waals surface area contributed by atoms with Crippen LogP contribution in [0.3, 0.4) is 0 Å². The average molecular weight is 289 g/mol. The van der Waals surface area contributed by atoms with Gasteiger partial charge in [0.15, 0.2) is 0 Å². The van der Waals surface area contributed by atoms with E-state index in [0.717, 1.165) is 5.56 Å². The quantitative estimate of drug-likeness (QED) is 0.913. The number of aromatic amines is 1. The van der Waals surface area contributed by atoms with Gasteiger partial charge in [-0.25, -0.2) is 9.37 Å². The monoisotopic (exact) mass is 289 g/mol. The van der Waals surface area contributed by atoms with Gasteiger partial charge in [-0.3, -0.25) is 4.79 Å². The summed E-state index contributed by atoms with van der Waals surface area (Å²) in [5.41, 5.74) is 1.67. The average Bonchev–Trinajstić information content (AvgIpc) is 2.34. The Bertz CT molecular complexity index is 681. The Balaban J connectivity index is 2.36. The first-order valence-electron chi connectivity index (χ1n) is 6.86. The molecule has 2 aromatic rings. The largest absolute Gasteiger partial charge is 0.307 e. The number of rotatable bonds is 3. The Morgan fingerprint density at radius 1 is 1.24 bits per heavy atom. The summed E-state index contributed by atoms with van der Waals surface area (Å²) >= 11 is 0. The lowest BCUT2D eigenvalue weighted by Gasteiger charge is -2.20. The van der Waals surface area contributed by atoms with Crippen LogP contribution < -0.4 is 10.9 Å². The molecule has 21 heavy (non-hydrogen) atoms. The topological polar surface area (TPSA) is 57.8 Å². The molecule has 0 fully saturated rings. The van der Waals surface area contributed by atoms with E-state index in [4.69, 9.17) is 0 Å². The molecule has 0 unspecified atom stereocenters. The van der Waals surface area contributed by atoms with Crippen LogP contribution in [0.15, 0.2) is 29.1 Å². The van der Waals surface area contributed by atoms with Crippen LogP contribution in [0.5, 0.6) is 0 Å². The second-order valence-corrected chi connectivity index (χ2v) is 6.21. The van der Waals surface area contributed by atoms with Crippen LogP contribution in [0.25, 0.3) is 11.4 Å². The summed E-state index contributed by atoms with van der Waals surface area (Å²) in [6.45, 7) is 8.40. The highest BCUT2D eigenvalue weighted by molar-refractivity contribution is 5.56. The van der Waals surface area contributed by atoms with E-state index in [2.05, 4.69) is 15.3 Å². The number of aromatic nitrogens is 2. The van der Waals surface area contributed by atoms with Gasteiger partial charge < -0.3 is 10.3 Å². The number of nitrogens with zero attached hydrogens (tertiary/aromatic N) is 1. The zero-order valence-corrected chi connectivity index (χ0v) is 12.7. The predicted molar refractivity (Wildman–Crippen MR) is 81.6 cm³/mol. The predicted octanol–water partition coefficient (Wildman–Crippen LogP) is 2.77. The Hall–Kier alpha value is -2.01. The van der Waals surface area contributed by atoms with Crippen LogP contribution in [-0.4, -0.2) is 15.5 Å². The minimum absolute atomic E-state index is 0.0696. The van der Waals surface area contributed by atoms with Crippen molar-refractivity contribution in [3.63, 3.8) is 0 Å². The second-order valence-electron chi connectivity index (χ2n) is 6.21. The van der Waals surface area contributed by atoms with Gasteiger partial charge >= 0.3 is 0 Å². The van der Waals surface area contributed by atoms with Crippen LogP contribution in [0.1, 0.15) is 32.0 Å². The highest BCUT2D eigenvalue weighted by Crippen LogP contribution is 2.17. The van der Waals surface area contributed by atoms with Crippen molar-refractivity contribution in [1.29, 1.82) is 0 Å². The van der Waals surface area contributed by atoms with Gasteiger partial charge in [-0.05, 0) is 51.5 Å². The standard InChI is InChI=1S/C16H20FN3O/c1-10-5-11(7-12(17)6-10)15-19-13(8-14(21)20-15)9-18-16(2,3)4/h5-8,18H,9H2,1-4H3,(H,19,20,21). The SMILES string of the molecule is Cc1cc(F)cc(-c2nc(CNC(C)(C)C)cc(=O)[nH]2)c1. The fourth-order valence-corrected chi connectivity index (χ4v) is 1.96. The van der Waals surface area contributed by atoms with Gasteiger partial charge in [0, 0.05) is 23.7 Å². The van der Waals surface area contributed by atoms with E-state index in [0.29, 0.717) is 23.6 Å². The van der Waals surface area contributed by atoms with E-state index in [9.17, 15) is 9.18 Å². The van der Waals surface area contributed by atoms with Crippen molar-refractivity contribution in [3.05, 3.63) is 51.7 Å². The van der Waals surface area contributed by atoms with Crippen LogP contribution in [0.2, 0.25) is 0 Å². The lowest BCUT2D eigenvalue weighted by atomic mass is 10.1. The highest BCUT2D eigenvalue weighted by atomic mass is 19.1. The van der Waals surface area contributed by atoms with Crippen LogP contribution in [-0.2, 0) is 6.54 Å². The number of hydrogen-bond donors (Lipinski definition) is 2. The smallest absolute Gasteiger partial charge is 0.251 e. The number of hydrogen-bond acceptors (Lipinski definition) is 3.